The fraction of sp³-hybridized carbons (Fsp3) is 0.250. The Labute approximate surface area is 83.8 Å². The SMILES string of the molecule is C=CCc1cccc(N2CCC2=O)c1. The normalized spacial score (nSPS) is 15.1. The van der Waals surface area contributed by atoms with Gasteiger partial charge in [-0.15, -0.1) is 6.58 Å². The van der Waals surface area contributed by atoms with E-state index >= 15 is 0 Å². The molecular formula is C12H13NO. The van der Waals surface area contributed by atoms with Crippen LogP contribution in [0.4, 0.5) is 5.69 Å². The van der Waals surface area contributed by atoms with Gasteiger partial charge in [-0.1, -0.05) is 18.2 Å². The average molecular weight is 187 g/mol. The van der Waals surface area contributed by atoms with Gasteiger partial charge in [-0.25, -0.2) is 0 Å². The smallest absolute Gasteiger partial charge is 0.228 e. The summed E-state index contributed by atoms with van der Waals surface area (Å²) in [7, 11) is 0. The van der Waals surface area contributed by atoms with Crippen molar-refractivity contribution in [3.63, 3.8) is 0 Å². The molecule has 0 unspecified atom stereocenters. The quantitative estimate of drug-likeness (QED) is 0.524. The molecule has 1 aliphatic heterocycles. The molecule has 0 bridgehead atoms. The van der Waals surface area contributed by atoms with Crippen LogP contribution in [-0.4, -0.2) is 12.5 Å². The molecule has 72 valence electrons. The zero-order chi connectivity index (χ0) is 9.97. The second-order valence-corrected chi connectivity index (χ2v) is 3.46. The largest absolute Gasteiger partial charge is 0.312 e. The molecule has 0 atom stereocenters. The fourth-order valence-electron chi connectivity index (χ4n) is 1.61. The lowest BCUT2D eigenvalue weighted by Gasteiger charge is -2.30. The molecule has 1 fully saturated rings. The summed E-state index contributed by atoms with van der Waals surface area (Å²) >= 11 is 0. The van der Waals surface area contributed by atoms with Crippen molar-refractivity contribution >= 4 is 11.6 Å². The molecule has 1 aromatic carbocycles. The van der Waals surface area contributed by atoms with Crippen LogP contribution in [0.5, 0.6) is 0 Å². The van der Waals surface area contributed by atoms with Gasteiger partial charge in [-0.2, -0.15) is 0 Å². The van der Waals surface area contributed by atoms with E-state index in [1.54, 1.807) is 0 Å². The molecular weight excluding hydrogens is 174 g/mol. The number of nitrogens with zero attached hydrogens (tertiary/aromatic N) is 1. The molecule has 0 aromatic heterocycles. The maximum Gasteiger partial charge on any atom is 0.228 e. The second kappa shape index (κ2) is 3.66. The number of rotatable bonds is 3. The minimum atomic E-state index is 0.223. The predicted molar refractivity (Wildman–Crippen MR) is 57.3 cm³/mol. The van der Waals surface area contributed by atoms with Crippen molar-refractivity contribution in [1.29, 1.82) is 0 Å². The molecule has 1 amide bonds. The first-order chi connectivity index (χ1) is 6.81. The van der Waals surface area contributed by atoms with Gasteiger partial charge in [0.2, 0.25) is 5.91 Å². The number of hydrogen-bond acceptors (Lipinski definition) is 1. The molecule has 1 saturated heterocycles. The van der Waals surface area contributed by atoms with Gasteiger partial charge in [0, 0.05) is 18.7 Å². The lowest BCUT2D eigenvalue weighted by Crippen LogP contribution is -2.43. The predicted octanol–water partition coefficient (Wildman–Crippen LogP) is 2.15. The Morgan fingerprint density at radius 3 is 2.93 bits per heavy atom. The number of β-lactam (4-membered cyclic amide) rings is 1. The zero-order valence-electron chi connectivity index (χ0n) is 8.07. The van der Waals surface area contributed by atoms with Gasteiger partial charge >= 0.3 is 0 Å². The maximum absolute atomic E-state index is 11.2. The molecule has 0 saturated carbocycles. The van der Waals surface area contributed by atoms with E-state index in [-0.39, 0.29) is 5.91 Å². The van der Waals surface area contributed by atoms with Crippen LogP contribution in [0, 0.1) is 0 Å². The van der Waals surface area contributed by atoms with E-state index in [2.05, 4.69) is 18.7 Å². The maximum atomic E-state index is 11.2. The van der Waals surface area contributed by atoms with Crippen LogP contribution in [0.15, 0.2) is 36.9 Å². The van der Waals surface area contributed by atoms with Crippen LogP contribution in [0.2, 0.25) is 0 Å². The van der Waals surface area contributed by atoms with Gasteiger partial charge in [-0.05, 0) is 24.1 Å². The molecule has 0 spiro atoms. The summed E-state index contributed by atoms with van der Waals surface area (Å²) in [6.07, 6.45) is 3.42. The standard InChI is InChI=1S/C12H13NO/c1-2-4-10-5-3-6-11(9-10)13-8-7-12(13)14/h2-3,5-6,9H,1,4,7-8H2. The Morgan fingerprint density at radius 1 is 1.50 bits per heavy atom. The molecule has 0 radical (unpaired) electrons. The average Bonchev–Trinajstić information content (AvgIpc) is 2.17. The molecule has 2 rings (SSSR count). The van der Waals surface area contributed by atoms with Crippen LogP contribution >= 0.6 is 0 Å². The van der Waals surface area contributed by atoms with Crippen LogP contribution in [0.25, 0.3) is 0 Å². The Balaban J connectivity index is 2.21. The number of amides is 1. The lowest BCUT2D eigenvalue weighted by atomic mass is 10.1. The summed E-state index contributed by atoms with van der Waals surface area (Å²) in [6.45, 7) is 4.56. The van der Waals surface area contributed by atoms with Crippen molar-refractivity contribution in [2.45, 2.75) is 12.8 Å². The van der Waals surface area contributed by atoms with E-state index in [1.165, 1.54) is 5.56 Å². The number of benzene rings is 1. The highest BCUT2D eigenvalue weighted by Gasteiger charge is 2.24. The highest BCUT2D eigenvalue weighted by molar-refractivity contribution is 5.99. The molecule has 1 aliphatic rings. The van der Waals surface area contributed by atoms with Gasteiger partial charge in [-0.3, -0.25) is 4.79 Å². The first-order valence-corrected chi connectivity index (χ1v) is 4.81. The van der Waals surface area contributed by atoms with Gasteiger partial charge in [0.25, 0.3) is 0 Å². The Kier molecular flexibility index (Phi) is 2.35. The minimum Gasteiger partial charge on any atom is -0.312 e. The van der Waals surface area contributed by atoms with Crippen molar-refractivity contribution in [1.82, 2.24) is 0 Å². The van der Waals surface area contributed by atoms with E-state index in [0.29, 0.717) is 6.42 Å². The Bertz CT molecular complexity index is 370. The van der Waals surface area contributed by atoms with Crippen molar-refractivity contribution in [3.8, 4) is 0 Å². The first-order valence-electron chi connectivity index (χ1n) is 4.81. The number of carbonyl (C=O) groups excluding carboxylic acids is 1. The van der Waals surface area contributed by atoms with Crippen molar-refractivity contribution in [2.24, 2.45) is 0 Å². The molecule has 0 aliphatic carbocycles. The second-order valence-electron chi connectivity index (χ2n) is 3.46. The van der Waals surface area contributed by atoms with Crippen LogP contribution in [-0.2, 0) is 11.2 Å². The monoisotopic (exact) mass is 187 g/mol. The summed E-state index contributed by atoms with van der Waals surface area (Å²) in [5.41, 5.74) is 2.22. The summed E-state index contributed by atoms with van der Waals surface area (Å²) in [5, 5.41) is 0. The third-order valence-electron chi connectivity index (χ3n) is 2.45. The Morgan fingerprint density at radius 2 is 2.36 bits per heavy atom. The van der Waals surface area contributed by atoms with Crippen molar-refractivity contribution < 1.29 is 4.79 Å². The first kappa shape index (κ1) is 9.00. The third kappa shape index (κ3) is 1.55. The van der Waals surface area contributed by atoms with Crippen LogP contribution in [0.3, 0.4) is 0 Å². The highest BCUT2D eigenvalue weighted by atomic mass is 16.2. The van der Waals surface area contributed by atoms with Gasteiger partial charge < -0.3 is 4.90 Å². The van der Waals surface area contributed by atoms with Crippen molar-refractivity contribution in [3.05, 3.63) is 42.5 Å². The molecule has 1 heterocycles. The summed E-state index contributed by atoms with van der Waals surface area (Å²) < 4.78 is 0. The van der Waals surface area contributed by atoms with E-state index < -0.39 is 0 Å². The van der Waals surface area contributed by atoms with Gasteiger partial charge in [0.1, 0.15) is 0 Å². The van der Waals surface area contributed by atoms with E-state index in [4.69, 9.17) is 0 Å². The van der Waals surface area contributed by atoms with Gasteiger partial charge in [0.15, 0.2) is 0 Å². The molecule has 0 N–H and O–H groups in total. The number of carbonyl (C=O) groups is 1. The molecule has 14 heavy (non-hydrogen) atoms. The van der Waals surface area contributed by atoms with E-state index in [0.717, 1.165) is 18.7 Å². The highest BCUT2D eigenvalue weighted by Crippen LogP contribution is 2.22. The molecule has 2 nitrogen and oxygen atoms in total. The van der Waals surface area contributed by atoms with E-state index in [1.807, 2.05) is 23.1 Å². The summed E-state index contributed by atoms with van der Waals surface area (Å²) in [5.74, 6) is 0.223. The molecule has 1 aromatic rings. The van der Waals surface area contributed by atoms with Crippen LogP contribution < -0.4 is 4.90 Å². The number of allylic oxidation sites excluding steroid dienone is 1. The van der Waals surface area contributed by atoms with Crippen LogP contribution in [0.1, 0.15) is 12.0 Å². The lowest BCUT2D eigenvalue weighted by molar-refractivity contribution is -0.122. The molecule has 2 heteroatoms. The zero-order valence-corrected chi connectivity index (χ0v) is 8.07. The van der Waals surface area contributed by atoms with Crippen molar-refractivity contribution in [2.75, 3.05) is 11.4 Å². The summed E-state index contributed by atoms with van der Waals surface area (Å²) in [4.78, 5) is 13.0. The summed E-state index contributed by atoms with van der Waals surface area (Å²) in [6, 6.07) is 8.07. The number of hydrogen-bond donors (Lipinski definition) is 0. The minimum absolute atomic E-state index is 0.223. The Hall–Kier alpha value is -1.57. The fourth-order valence-corrected chi connectivity index (χ4v) is 1.61. The van der Waals surface area contributed by atoms with E-state index in [9.17, 15) is 4.79 Å². The van der Waals surface area contributed by atoms with Gasteiger partial charge in [0.05, 0.1) is 0 Å². The third-order valence-corrected chi connectivity index (χ3v) is 2.45. The topological polar surface area (TPSA) is 20.3 Å². The number of anilines is 1.